The molecule has 3 aromatic heterocycles. The number of alkyl halides is 1. The number of fused-ring (bicyclic) bond motifs is 1. The number of imidazole rings is 1. The number of thiazole rings is 1. The van der Waals surface area contributed by atoms with Crippen LogP contribution < -0.4 is 0 Å². The summed E-state index contributed by atoms with van der Waals surface area (Å²) in [5.41, 5.74) is 2.90. The van der Waals surface area contributed by atoms with Crippen molar-refractivity contribution in [2.75, 3.05) is 0 Å². The van der Waals surface area contributed by atoms with Crippen LogP contribution in [0.3, 0.4) is 0 Å². The molecule has 0 aliphatic rings. The van der Waals surface area contributed by atoms with Crippen LogP contribution in [-0.4, -0.2) is 24.3 Å². The Bertz CT molecular complexity index is 756. The molecule has 2 unspecified atom stereocenters. The molecular formula is C14H18ClN5S. The van der Waals surface area contributed by atoms with Gasteiger partial charge in [-0.3, -0.25) is 0 Å². The van der Waals surface area contributed by atoms with E-state index in [2.05, 4.69) is 28.5 Å². The van der Waals surface area contributed by atoms with Crippen LogP contribution in [0.4, 0.5) is 0 Å². The molecule has 0 aliphatic carbocycles. The third-order valence-corrected chi connectivity index (χ3v) is 4.76. The van der Waals surface area contributed by atoms with E-state index in [1.807, 2.05) is 30.1 Å². The van der Waals surface area contributed by atoms with E-state index in [1.165, 1.54) is 0 Å². The molecule has 21 heavy (non-hydrogen) atoms. The van der Waals surface area contributed by atoms with Crippen molar-refractivity contribution in [3.05, 3.63) is 28.1 Å². The van der Waals surface area contributed by atoms with Crippen LogP contribution in [0.5, 0.6) is 0 Å². The van der Waals surface area contributed by atoms with Crippen molar-refractivity contribution in [2.24, 2.45) is 0 Å². The first kappa shape index (κ1) is 14.5. The molecule has 0 bridgehead atoms. The van der Waals surface area contributed by atoms with Gasteiger partial charge in [-0.25, -0.2) is 14.6 Å². The summed E-state index contributed by atoms with van der Waals surface area (Å²) in [7, 11) is 0. The standard InChI is InChI=1S/C14H18ClN5S/c1-5-19-14-11(9(3)18-19)17-12(8(2)15)20(14)10(4)13-16-6-7-21-13/h6-8,10H,5H2,1-4H3. The topological polar surface area (TPSA) is 48.5 Å². The maximum absolute atomic E-state index is 6.36. The molecule has 0 spiro atoms. The van der Waals surface area contributed by atoms with Gasteiger partial charge in [-0.05, 0) is 27.7 Å². The van der Waals surface area contributed by atoms with E-state index in [9.17, 15) is 0 Å². The maximum Gasteiger partial charge on any atom is 0.159 e. The fraction of sp³-hybridized carbons (Fsp3) is 0.500. The molecule has 0 radical (unpaired) electrons. The summed E-state index contributed by atoms with van der Waals surface area (Å²) in [6, 6.07) is 0.0904. The molecule has 0 N–H and O–H groups in total. The van der Waals surface area contributed by atoms with Gasteiger partial charge in [0.2, 0.25) is 0 Å². The summed E-state index contributed by atoms with van der Waals surface area (Å²) in [6.45, 7) is 8.96. The predicted molar refractivity (Wildman–Crippen MR) is 86.1 cm³/mol. The Kier molecular flexibility index (Phi) is 3.75. The zero-order valence-electron chi connectivity index (χ0n) is 12.5. The van der Waals surface area contributed by atoms with Gasteiger partial charge >= 0.3 is 0 Å². The molecule has 3 aromatic rings. The quantitative estimate of drug-likeness (QED) is 0.683. The van der Waals surface area contributed by atoms with E-state index in [-0.39, 0.29) is 11.4 Å². The van der Waals surface area contributed by atoms with E-state index >= 15 is 0 Å². The van der Waals surface area contributed by atoms with Gasteiger partial charge in [-0.15, -0.1) is 22.9 Å². The molecule has 5 nitrogen and oxygen atoms in total. The minimum absolute atomic E-state index is 0.0904. The van der Waals surface area contributed by atoms with Gasteiger partial charge in [-0.2, -0.15) is 5.10 Å². The summed E-state index contributed by atoms with van der Waals surface area (Å²) in [6.07, 6.45) is 1.83. The number of aryl methyl sites for hydroxylation is 2. The van der Waals surface area contributed by atoms with E-state index in [4.69, 9.17) is 16.6 Å². The summed E-state index contributed by atoms with van der Waals surface area (Å²) in [4.78, 5) is 9.17. The molecule has 3 heterocycles. The summed E-state index contributed by atoms with van der Waals surface area (Å²) in [5, 5.41) is 7.45. The smallest absolute Gasteiger partial charge is 0.159 e. The van der Waals surface area contributed by atoms with Crippen molar-refractivity contribution in [1.82, 2.24) is 24.3 Å². The molecule has 0 aromatic carbocycles. The van der Waals surface area contributed by atoms with Crippen molar-refractivity contribution in [3.63, 3.8) is 0 Å². The van der Waals surface area contributed by atoms with Crippen molar-refractivity contribution >= 4 is 34.1 Å². The van der Waals surface area contributed by atoms with Gasteiger partial charge in [0.25, 0.3) is 0 Å². The molecular weight excluding hydrogens is 306 g/mol. The molecule has 7 heteroatoms. The van der Waals surface area contributed by atoms with Gasteiger partial charge in [-0.1, -0.05) is 0 Å². The first-order valence-corrected chi connectivity index (χ1v) is 8.34. The highest BCUT2D eigenvalue weighted by Crippen LogP contribution is 2.32. The second-order valence-electron chi connectivity index (χ2n) is 5.08. The van der Waals surface area contributed by atoms with Crippen LogP contribution in [0.2, 0.25) is 0 Å². The number of halogens is 1. The zero-order valence-corrected chi connectivity index (χ0v) is 14.1. The largest absolute Gasteiger partial charge is 0.302 e. The van der Waals surface area contributed by atoms with E-state index in [1.54, 1.807) is 11.3 Å². The lowest BCUT2D eigenvalue weighted by Crippen LogP contribution is -2.14. The van der Waals surface area contributed by atoms with Crippen molar-refractivity contribution in [2.45, 2.75) is 45.7 Å². The second kappa shape index (κ2) is 5.42. The Morgan fingerprint density at radius 2 is 2.14 bits per heavy atom. The normalized spacial score (nSPS) is 14.7. The molecule has 0 saturated heterocycles. The number of rotatable bonds is 4. The number of aromatic nitrogens is 5. The van der Waals surface area contributed by atoms with Crippen LogP contribution in [0.1, 0.15) is 48.7 Å². The third kappa shape index (κ3) is 2.26. The van der Waals surface area contributed by atoms with E-state index in [0.717, 1.165) is 34.2 Å². The Morgan fingerprint density at radius 3 is 2.71 bits per heavy atom. The van der Waals surface area contributed by atoms with Gasteiger partial charge in [0, 0.05) is 18.1 Å². The lowest BCUT2D eigenvalue weighted by atomic mass is 10.3. The van der Waals surface area contributed by atoms with Crippen LogP contribution in [0, 0.1) is 6.92 Å². The first-order valence-electron chi connectivity index (χ1n) is 7.03. The molecule has 0 saturated carbocycles. The highest BCUT2D eigenvalue weighted by molar-refractivity contribution is 7.09. The predicted octanol–water partition coefficient (Wildman–Crippen LogP) is 3.93. The Balaban J connectivity index is 2.29. The zero-order chi connectivity index (χ0) is 15.1. The molecule has 112 valence electrons. The Hall–Kier alpha value is -1.40. The minimum Gasteiger partial charge on any atom is -0.302 e. The second-order valence-corrected chi connectivity index (χ2v) is 6.66. The van der Waals surface area contributed by atoms with Crippen LogP contribution in [0.25, 0.3) is 11.2 Å². The third-order valence-electron chi connectivity index (χ3n) is 3.62. The van der Waals surface area contributed by atoms with E-state index < -0.39 is 0 Å². The minimum atomic E-state index is -0.162. The Morgan fingerprint density at radius 1 is 1.38 bits per heavy atom. The monoisotopic (exact) mass is 323 g/mol. The number of hydrogen-bond acceptors (Lipinski definition) is 4. The number of nitrogens with zero attached hydrogens (tertiary/aromatic N) is 5. The van der Waals surface area contributed by atoms with Crippen LogP contribution >= 0.6 is 22.9 Å². The lowest BCUT2D eigenvalue weighted by Gasteiger charge is -2.17. The molecule has 2 atom stereocenters. The van der Waals surface area contributed by atoms with Crippen molar-refractivity contribution < 1.29 is 0 Å². The average Bonchev–Trinajstić information content (AvgIpc) is 3.14. The first-order chi connectivity index (χ1) is 10.0. The molecule has 0 fully saturated rings. The van der Waals surface area contributed by atoms with Gasteiger partial charge < -0.3 is 4.57 Å². The molecule has 0 aliphatic heterocycles. The Labute approximate surface area is 132 Å². The van der Waals surface area contributed by atoms with Gasteiger partial charge in [0.15, 0.2) is 5.65 Å². The maximum atomic E-state index is 6.36. The van der Waals surface area contributed by atoms with E-state index in [0.29, 0.717) is 0 Å². The number of hydrogen-bond donors (Lipinski definition) is 0. The SMILES string of the molecule is CCn1nc(C)c2nc(C(C)Cl)n(C(C)c3nccs3)c21. The summed E-state index contributed by atoms with van der Waals surface area (Å²) in [5.74, 6) is 0.872. The fourth-order valence-corrected chi connectivity index (χ4v) is 3.48. The lowest BCUT2D eigenvalue weighted by molar-refractivity contribution is 0.576. The van der Waals surface area contributed by atoms with Gasteiger partial charge in [0.1, 0.15) is 16.3 Å². The fourth-order valence-electron chi connectivity index (χ4n) is 2.64. The summed E-state index contributed by atoms with van der Waals surface area (Å²) >= 11 is 8.01. The molecule has 0 amide bonds. The summed E-state index contributed by atoms with van der Waals surface area (Å²) < 4.78 is 4.17. The average molecular weight is 324 g/mol. The van der Waals surface area contributed by atoms with Crippen LogP contribution in [0.15, 0.2) is 11.6 Å². The highest BCUT2D eigenvalue weighted by Gasteiger charge is 2.25. The molecule has 3 rings (SSSR count). The van der Waals surface area contributed by atoms with Crippen molar-refractivity contribution in [3.8, 4) is 0 Å². The van der Waals surface area contributed by atoms with Crippen LogP contribution in [-0.2, 0) is 6.54 Å². The van der Waals surface area contributed by atoms with Gasteiger partial charge in [0.05, 0.1) is 17.1 Å². The highest BCUT2D eigenvalue weighted by atomic mass is 35.5. The van der Waals surface area contributed by atoms with Crippen molar-refractivity contribution in [1.29, 1.82) is 0 Å².